The number of aliphatic imine (C=N–C) groups is 1. The Hall–Kier alpha value is -1.79. The summed E-state index contributed by atoms with van der Waals surface area (Å²) in [6.45, 7) is 12.4. The number of ether oxygens (including phenoxy) is 1. The van der Waals surface area contributed by atoms with Crippen molar-refractivity contribution in [2.75, 3.05) is 66.5 Å². The van der Waals surface area contributed by atoms with E-state index in [4.69, 9.17) is 9.73 Å². The minimum Gasteiger partial charge on any atom is -0.496 e. The Labute approximate surface area is 165 Å². The van der Waals surface area contributed by atoms with Crippen molar-refractivity contribution in [3.63, 3.8) is 0 Å². The molecule has 0 aliphatic carbocycles. The first-order valence-electron chi connectivity index (χ1n) is 10.2. The van der Waals surface area contributed by atoms with Crippen LogP contribution in [0.15, 0.2) is 23.2 Å². The summed E-state index contributed by atoms with van der Waals surface area (Å²) >= 11 is 0. The molecule has 2 rings (SSSR count). The van der Waals surface area contributed by atoms with Gasteiger partial charge in [-0.05, 0) is 64.0 Å². The van der Waals surface area contributed by atoms with Gasteiger partial charge in [-0.15, -0.1) is 0 Å². The summed E-state index contributed by atoms with van der Waals surface area (Å²) in [5.41, 5.74) is 2.44. The molecule has 0 bridgehead atoms. The largest absolute Gasteiger partial charge is 0.496 e. The molecule has 0 spiro atoms. The van der Waals surface area contributed by atoms with E-state index < -0.39 is 0 Å². The van der Waals surface area contributed by atoms with Gasteiger partial charge in [-0.1, -0.05) is 12.1 Å². The second-order valence-corrected chi connectivity index (χ2v) is 7.24. The van der Waals surface area contributed by atoms with Gasteiger partial charge in [0.25, 0.3) is 0 Å². The summed E-state index contributed by atoms with van der Waals surface area (Å²) in [5.74, 6) is 1.86. The number of guanidine groups is 1. The maximum Gasteiger partial charge on any atom is 0.191 e. The number of nitrogens with zero attached hydrogens (tertiary/aromatic N) is 3. The maximum atomic E-state index is 5.41. The van der Waals surface area contributed by atoms with Gasteiger partial charge in [0.1, 0.15) is 5.75 Å². The van der Waals surface area contributed by atoms with Gasteiger partial charge in [-0.3, -0.25) is 4.99 Å². The minimum atomic E-state index is 0.831. The van der Waals surface area contributed by atoms with E-state index >= 15 is 0 Å². The smallest absolute Gasteiger partial charge is 0.191 e. The van der Waals surface area contributed by atoms with Crippen LogP contribution in [0.1, 0.15) is 24.5 Å². The lowest BCUT2D eigenvalue weighted by atomic mass is 10.1. The van der Waals surface area contributed by atoms with Gasteiger partial charge < -0.3 is 25.2 Å². The Morgan fingerprint density at radius 3 is 2.81 bits per heavy atom. The van der Waals surface area contributed by atoms with Crippen molar-refractivity contribution in [1.29, 1.82) is 0 Å². The molecule has 0 amide bonds. The quantitative estimate of drug-likeness (QED) is 0.535. The fourth-order valence-electron chi connectivity index (χ4n) is 3.31. The molecule has 0 unspecified atom stereocenters. The van der Waals surface area contributed by atoms with Gasteiger partial charge in [-0.25, -0.2) is 0 Å². The molecule has 1 saturated heterocycles. The van der Waals surface area contributed by atoms with E-state index in [0.717, 1.165) is 57.4 Å². The summed E-state index contributed by atoms with van der Waals surface area (Å²) in [5, 5.41) is 6.79. The Morgan fingerprint density at radius 2 is 2.04 bits per heavy atom. The van der Waals surface area contributed by atoms with E-state index in [1.807, 2.05) is 0 Å². The molecular weight excluding hydrogens is 338 g/mol. The van der Waals surface area contributed by atoms with Crippen molar-refractivity contribution in [2.45, 2.75) is 26.7 Å². The second kappa shape index (κ2) is 11.8. The van der Waals surface area contributed by atoms with E-state index in [2.05, 4.69) is 59.5 Å². The highest BCUT2D eigenvalue weighted by Crippen LogP contribution is 2.18. The lowest BCUT2D eigenvalue weighted by molar-refractivity contribution is 0.283. The molecule has 1 aromatic rings. The number of benzene rings is 1. The van der Waals surface area contributed by atoms with Gasteiger partial charge in [0, 0.05) is 32.7 Å². The molecule has 1 aliphatic rings. The maximum absolute atomic E-state index is 5.41. The number of aryl methyl sites for hydroxylation is 1. The van der Waals surface area contributed by atoms with Crippen LogP contribution in [0.4, 0.5) is 0 Å². The molecule has 1 fully saturated rings. The van der Waals surface area contributed by atoms with Crippen molar-refractivity contribution >= 4 is 5.96 Å². The molecule has 0 aromatic heterocycles. The molecule has 152 valence electrons. The topological polar surface area (TPSA) is 52.1 Å². The number of hydrogen-bond donors (Lipinski definition) is 2. The van der Waals surface area contributed by atoms with E-state index in [9.17, 15) is 0 Å². The van der Waals surface area contributed by atoms with Gasteiger partial charge in [-0.2, -0.15) is 0 Å². The van der Waals surface area contributed by atoms with Crippen LogP contribution in [-0.4, -0.2) is 82.3 Å². The summed E-state index contributed by atoms with van der Waals surface area (Å²) in [6.07, 6.45) is 2.19. The Morgan fingerprint density at radius 1 is 1.19 bits per heavy atom. The van der Waals surface area contributed by atoms with Crippen LogP contribution in [0.25, 0.3) is 0 Å². The Balaban J connectivity index is 1.77. The first kappa shape index (κ1) is 21.5. The molecule has 6 heteroatoms. The molecule has 1 heterocycles. The van der Waals surface area contributed by atoms with Gasteiger partial charge in [0.15, 0.2) is 5.96 Å². The van der Waals surface area contributed by atoms with Gasteiger partial charge in [0.05, 0.1) is 13.7 Å². The number of hydrogen-bond acceptors (Lipinski definition) is 4. The number of likely N-dealkylation sites (N-methyl/N-ethyl adjacent to an activating group) is 1. The van der Waals surface area contributed by atoms with Crippen molar-refractivity contribution in [3.8, 4) is 5.75 Å². The number of nitrogens with one attached hydrogen (secondary N) is 2. The van der Waals surface area contributed by atoms with Crippen molar-refractivity contribution in [3.05, 3.63) is 29.3 Å². The van der Waals surface area contributed by atoms with Crippen LogP contribution in [0.5, 0.6) is 5.75 Å². The van der Waals surface area contributed by atoms with Crippen molar-refractivity contribution in [1.82, 2.24) is 20.4 Å². The summed E-state index contributed by atoms with van der Waals surface area (Å²) in [4.78, 5) is 9.69. The third-order valence-corrected chi connectivity index (χ3v) is 5.02. The van der Waals surface area contributed by atoms with Crippen LogP contribution in [-0.2, 0) is 6.42 Å². The molecule has 1 aromatic carbocycles. The van der Waals surface area contributed by atoms with E-state index in [1.165, 1.54) is 30.6 Å². The predicted octanol–water partition coefficient (Wildman–Crippen LogP) is 1.74. The first-order valence-corrected chi connectivity index (χ1v) is 10.2. The molecule has 2 N–H and O–H groups in total. The average molecular weight is 376 g/mol. The van der Waals surface area contributed by atoms with Gasteiger partial charge in [0.2, 0.25) is 0 Å². The van der Waals surface area contributed by atoms with E-state index in [-0.39, 0.29) is 0 Å². The minimum absolute atomic E-state index is 0.831. The average Bonchev–Trinajstić information content (AvgIpc) is 2.87. The molecule has 0 saturated carbocycles. The molecule has 1 aliphatic heterocycles. The zero-order valence-electron chi connectivity index (χ0n) is 17.6. The third-order valence-electron chi connectivity index (χ3n) is 5.02. The first-order chi connectivity index (χ1) is 13.1. The highest BCUT2D eigenvalue weighted by molar-refractivity contribution is 5.79. The standard InChI is InChI=1S/C21H37N5O/c1-5-22-21(24-11-14-26-13-6-12-25(3)15-16-26)23-10-9-19-8-7-18(2)20(17-19)27-4/h7-8,17H,5-6,9-16H2,1-4H3,(H2,22,23,24). The van der Waals surface area contributed by atoms with Crippen molar-refractivity contribution < 1.29 is 4.74 Å². The fraction of sp³-hybridized carbons (Fsp3) is 0.667. The lowest BCUT2D eigenvalue weighted by Crippen LogP contribution is -2.39. The van der Waals surface area contributed by atoms with Crippen LogP contribution in [0.2, 0.25) is 0 Å². The van der Waals surface area contributed by atoms with Gasteiger partial charge >= 0.3 is 0 Å². The van der Waals surface area contributed by atoms with Crippen LogP contribution in [0, 0.1) is 6.92 Å². The number of rotatable bonds is 8. The Kier molecular flexibility index (Phi) is 9.42. The summed E-state index contributed by atoms with van der Waals surface area (Å²) in [7, 11) is 3.93. The molecule has 6 nitrogen and oxygen atoms in total. The van der Waals surface area contributed by atoms with Crippen LogP contribution >= 0.6 is 0 Å². The van der Waals surface area contributed by atoms with E-state index in [1.54, 1.807) is 7.11 Å². The van der Waals surface area contributed by atoms with Crippen molar-refractivity contribution in [2.24, 2.45) is 4.99 Å². The predicted molar refractivity (Wildman–Crippen MR) is 114 cm³/mol. The number of methoxy groups -OCH3 is 1. The zero-order valence-corrected chi connectivity index (χ0v) is 17.6. The van der Waals surface area contributed by atoms with E-state index in [0.29, 0.717) is 0 Å². The molecule has 27 heavy (non-hydrogen) atoms. The lowest BCUT2D eigenvalue weighted by Gasteiger charge is -2.19. The zero-order chi connectivity index (χ0) is 19.5. The Bertz CT molecular complexity index is 590. The monoisotopic (exact) mass is 375 g/mol. The van der Waals surface area contributed by atoms with Crippen LogP contribution < -0.4 is 15.4 Å². The molecule has 0 atom stereocenters. The summed E-state index contributed by atoms with van der Waals surface area (Å²) in [6, 6.07) is 6.41. The molecular formula is C21H37N5O. The highest BCUT2D eigenvalue weighted by atomic mass is 16.5. The third kappa shape index (κ3) is 7.77. The normalized spacial score (nSPS) is 16.8. The summed E-state index contributed by atoms with van der Waals surface area (Å²) < 4.78 is 5.41. The van der Waals surface area contributed by atoms with Crippen LogP contribution in [0.3, 0.4) is 0 Å². The second-order valence-electron chi connectivity index (χ2n) is 7.24. The fourth-order valence-corrected chi connectivity index (χ4v) is 3.31. The molecule has 0 radical (unpaired) electrons. The highest BCUT2D eigenvalue weighted by Gasteiger charge is 2.11. The SMILES string of the molecule is CCNC(=NCCN1CCCN(C)CC1)NCCc1ccc(C)c(OC)c1.